The van der Waals surface area contributed by atoms with Crippen LogP contribution >= 0.6 is 0 Å². The second kappa shape index (κ2) is 5.02. The lowest BCUT2D eigenvalue weighted by Crippen LogP contribution is -2.56. The minimum atomic E-state index is -0.386. The first-order valence-corrected chi connectivity index (χ1v) is 6.31. The van der Waals surface area contributed by atoms with Crippen molar-refractivity contribution in [3.63, 3.8) is 0 Å². The van der Waals surface area contributed by atoms with Crippen molar-refractivity contribution >= 4 is 11.7 Å². The van der Waals surface area contributed by atoms with Gasteiger partial charge in [0.05, 0.1) is 5.69 Å². The molecule has 3 rings (SSSR count). The smallest absolute Gasteiger partial charge is 0.274 e. The molecule has 0 saturated carbocycles. The summed E-state index contributed by atoms with van der Waals surface area (Å²) in [6, 6.07) is 1.05. The van der Waals surface area contributed by atoms with Crippen LogP contribution in [0, 0.1) is 0 Å². The molecule has 1 saturated heterocycles. The van der Waals surface area contributed by atoms with Gasteiger partial charge in [-0.25, -0.2) is 9.97 Å². The second-order valence-electron chi connectivity index (χ2n) is 4.70. The number of carbonyl (C=O) groups is 1. The topological polar surface area (TPSA) is 121 Å². The number of nitrogens with zero attached hydrogens (tertiary/aromatic N) is 4. The van der Waals surface area contributed by atoms with Gasteiger partial charge in [-0.05, 0) is 0 Å². The molecule has 0 aliphatic carbocycles. The fraction of sp³-hybridized carbons (Fsp3) is 0.455. The zero-order valence-corrected chi connectivity index (χ0v) is 10.7. The first-order valence-electron chi connectivity index (χ1n) is 6.31. The zero-order chi connectivity index (χ0) is 14.1. The van der Waals surface area contributed by atoms with Crippen molar-refractivity contribution in [2.75, 3.05) is 19.6 Å². The van der Waals surface area contributed by atoms with E-state index in [0.29, 0.717) is 31.1 Å². The number of rotatable bonds is 3. The minimum Gasteiger partial charge on any atom is -0.368 e. The summed E-state index contributed by atoms with van der Waals surface area (Å²) >= 11 is 0. The van der Waals surface area contributed by atoms with E-state index in [1.807, 2.05) is 4.90 Å². The summed E-state index contributed by atoms with van der Waals surface area (Å²) < 4.78 is 1.26. The van der Waals surface area contributed by atoms with Gasteiger partial charge in [-0.15, -0.1) is 0 Å². The van der Waals surface area contributed by atoms with E-state index in [-0.39, 0.29) is 17.5 Å². The number of H-pyrrole nitrogens is 1. The Kier molecular flexibility index (Phi) is 3.20. The zero-order valence-electron chi connectivity index (χ0n) is 10.7. The third-order valence-corrected chi connectivity index (χ3v) is 3.37. The van der Waals surface area contributed by atoms with Gasteiger partial charge in [-0.2, -0.15) is 4.52 Å². The van der Waals surface area contributed by atoms with Crippen LogP contribution in [0.25, 0.3) is 5.78 Å². The van der Waals surface area contributed by atoms with Crippen LogP contribution in [0.1, 0.15) is 5.69 Å². The van der Waals surface area contributed by atoms with Gasteiger partial charge in [0, 0.05) is 32.2 Å². The summed E-state index contributed by atoms with van der Waals surface area (Å²) in [5, 5.41) is 5.80. The van der Waals surface area contributed by atoms with Gasteiger partial charge in [0.2, 0.25) is 5.91 Å². The SMILES string of the molecule is NC(=O)C1CNCCN1Cc1cc(=O)n2[nH]cnc2n1. The molecule has 3 heterocycles. The molecule has 2 aromatic heterocycles. The molecule has 1 fully saturated rings. The lowest BCUT2D eigenvalue weighted by molar-refractivity contribution is -0.124. The Hall–Kier alpha value is -2.26. The number of fused-ring (bicyclic) bond motifs is 1. The monoisotopic (exact) mass is 277 g/mol. The van der Waals surface area contributed by atoms with Crippen LogP contribution in [-0.2, 0) is 11.3 Å². The molecule has 0 aromatic carbocycles. The van der Waals surface area contributed by atoms with Gasteiger partial charge in [-0.1, -0.05) is 0 Å². The Morgan fingerprint density at radius 2 is 2.40 bits per heavy atom. The maximum atomic E-state index is 11.8. The van der Waals surface area contributed by atoms with Crippen LogP contribution in [0.3, 0.4) is 0 Å². The van der Waals surface area contributed by atoms with E-state index in [2.05, 4.69) is 20.4 Å². The highest BCUT2D eigenvalue weighted by molar-refractivity contribution is 5.80. The Bertz CT molecular complexity index is 691. The Balaban J connectivity index is 1.87. The summed E-state index contributed by atoms with van der Waals surface area (Å²) in [4.78, 5) is 33.4. The molecule has 4 N–H and O–H groups in total. The fourth-order valence-corrected chi connectivity index (χ4v) is 2.37. The largest absolute Gasteiger partial charge is 0.368 e. The maximum Gasteiger partial charge on any atom is 0.274 e. The number of aromatic amines is 1. The quantitative estimate of drug-likeness (QED) is 0.579. The molecule has 20 heavy (non-hydrogen) atoms. The highest BCUT2D eigenvalue weighted by atomic mass is 16.1. The molecule has 1 atom stereocenters. The van der Waals surface area contributed by atoms with Crippen molar-refractivity contribution in [2.24, 2.45) is 5.73 Å². The third kappa shape index (κ3) is 2.28. The molecular weight excluding hydrogens is 262 g/mol. The molecule has 1 amide bonds. The average Bonchev–Trinajstić information content (AvgIpc) is 2.88. The number of aromatic nitrogens is 4. The predicted octanol–water partition coefficient (Wildman–Crippen LogP) is -2.32. The fourth-order valence-electron chi connectivity index (χ4n) is 2.37. The van der Waals surface area contributed by atoms with Crippen LogP contribution in [-0.4, -0.2) is 56.1 Å². The first-order chi connectivity index (χ1) is 9.65. The standard InChI is InChI=1S/C11H15N7O2/c12-10(20)8-4-13-1-2-17(8)5-7-3-9(19)18-11(16-7)14-6-15-18/h3,6,8,13H,1-2,4-5H2,(H2,12,20)(H,14,15,16). The number of nitrogens with two attached hydrogens (primary N) is 1. The molecule has 9 nitrogen and oxygen atoms in total. The van der Waals surface area contributed by atoms with E-state index in [1.54, 1.807) is 0 Å². The first kappa shape index (κ1) is 12.8. The molecule has 0 radical (unpaired) electrons. The van der Waals surface area contributed by atoms with Crippen LogP contribution < -0.4 is 16.6 Å². The lowest BCUT2D eigenvalue weighted by Gasteiger charge is -2.33. The number of carbonyl (C=O) groups excluding carboxylic acids is 1. The van der Waals surface area contributed by atoms with E-state index in [0.717, 1.165) is 6.54 Å². The number of primary amides is 1. The van der Waals surface area contributed by atoms with Crippen molar-refractivity contribution in [3.05, 3.63) is 28.4 Å². The van der Waals surface area contributed by atoms with E-state index in [4.69, 9.17) is 5.73 Å². The molecule has 0 bridgehead atoms. The molecule has 1 aliphatic heterocycles. The summed E-state index contributed by atoms with van der Waals surface area (Å²) in [6.45, 7) is 2.36. The average molecular weight is 277 g/mol. The van der Waals surface area contributed by atoms with E-state index in [9.17, 15) is 9.59 Å². The predicted molar refractivity (Wildman–Crippen MR) is 69.9 cm³/mol. The molecule has 106 valence electrons. The van der Waals surface area contributed by atoms with Crippen molar-refractivity contribution in [3.8, 4) is 0 Å². The molecule has 2 aromatic rings. The normalized spacial score (nSPS) is 20.3. The lowest BCUT2D eigenvalue weighted by atomic mass is 10.1. The van der Waals surface area contributed by atoms with Crippen LogP contribution in [0.2, 0.25) is 0 Å². The molecule has 1 unspecified atom stereocenters. The highest BCUT2D eigenvalue weighted by Crippen LogP contribution is 2.08. The van der Waals surface area contributed by atoms with E-state index >= 15 is 0 Å². The van der Waals surface area contributed by atoms with Gasteiger partial charge in [0.15, 0.2) is 0 Å². The number of piperazine rings is 1. The van der Waals surface area contributed by atoms with Crippen molar-refractivity contribution < 1.29 is 4.79 Å². The molecule has 0 spiro atoms. The van der Waals surface area contributed by atoms with Crippen molar-refractivity contribution in [1.82, 2.24) is 29.8 Å². The number of nitrogens with one attached hydrogen (secondary N) is 2. The summed E-state index contributed by atoms with van der Waals surface area (Å²) in [6.07, 6.45) is 1.41. The Morgan fingerprint density at radius 1 is 1.55 bits per heavy atom. The van der Waals surface area contributed by atoms with E-state index < -0.39 is 0 Å². The summed E-state index contributed by atoms with van der Waals surface area (Å²) in [5.74, 6) is -0.0620. The molecule has 1 aliphatic rings. The van der Waals surface area contributed by atoms with Crippen molar-refractivity contribution in [1.29, 1.82) is 0 Å². The summed E-state index contributed by atoms with van der Waals surface area (Å²) in [5.41, 5.74) is 5.74. The van der Waals surface area contributed by atoms with Gasteiger partial charge >= 0.3 is 0 Å². The highest BCUT2D eigenvalue weighted by Gasteiger charge is 2.27. The van der Waals surface area contributed by atoms with Crippen LogP contribution in [0.4, 0.5) is 0 Å². The number of hydrogen-bond acceptors (Lipinski definition) is 6. The third-order valence-electron chi connectivity index (χ3n) is 3.37. The second-order valence-corrected chi connectivity index (χ2v) is 4.70. The Morgan fingerprint density at radius 3 is 3.20 bits per heavy atom. The maximum absolute atomic E-state index is 11.8. The summed E-state index contributed by atoms with van der Waals surface area (Å²) in [7, 11) is 0. The minimum absolute atomic E-state index is 0.228. The van der Waals surface area contributed by atoms with Crippen molar-refractivity contribution in [2.45, 2.75) is 12.6 Å². The van der Waals surface area contributed by atoms with Gasteiger partial charge < -0.3 is 11.1 Å². The number of amides is 1. The van der Waals surface area contributed by atoms with Gasteiger partial charge in [0.1, 0.15) is 12.4 Å². The van der Waals surface area contributed by atoms with Gasteiger partial charge in [-0.3, -0.25) is 19.6 Å². The van der Waals surface area contributed by atoms with Crippen LogP contribution in [0.15, 0.2) is 17.2 Å². The number of hydrogen-bond donors (Lipinski definition) is 3. The molecular formula is C11H15N7O2. The Labute approximate surface area is 113 Å². The van der Waals surface area contributed by atoms with E-state index in [1.165, 1.54) is 16.9 Å². The molecule has 9 heteroatoms. The van der Waals surface area contributed by atoms with Gasteiger partial charge in [0.25, 0.3) is 11.3 Å². The van der Waals surface area contributed by atoms with Crippen LogP contribution in [0.5, 0.6) is 0 Å².